The van der Waals surface area contributed by atoms with Crippen LogP contribution in [0.1, 0.15) is 64.1 Å². The Morgan fingerprint density at radius 2 is 1.75 bits per heavy atom. The zero-order valence-electron chi connectivity index (χ0n) is 12.3. The quantitative estimate of drug-likeness (QED) is 0.645. The Hall–Kier alpha value is -1.29. The average molecular weight is 282 g/mol. The van der Waals surface area contributed by atoms with Gasteiger partial charge in [0.25, 0.3) is 0 Å². The lowest BCUT2D eigenvalue weighted by Crippen LogP contribution is -2.12. The lowest BCUT2D eigenvalue weighted by molar-refractivity contribution is 0.152. The molecule has 0 bridgehead atoms. The van der Waals surface area contributed by atoms with Gasteiger partial charge in [-0.2, -0.15) is 0 Å². The van der Waals surface area contributed by atoms with Crippen LogP contribution in [-0.4, -0.2) is 16.3 Å². The highest BCUT2D eigenvalue weighted by atomic mass is 16.4. The molecular weight excluding hydrogens is 256 g/mol. The van der Waals surface area contributed by atoms with Crippen LogP contribution < -0.4 is 5.63 Å². The minimum absolute atomic E-state index is 0.112. The average Bonchev–Trinajstić information content (AvgIpc) is 2.36. The molecule has 0 radical (unpaired) electrons. The first kappa shape index (κ1) is 16.8. The second kappa shape index (κ2) is 9.59. The van der Waals surface area contributed by atoms with Crippen molar-refractivity contribution in [1.29, 1.82) is 0 Å². The van der Waals surface area contributed by atoms with E-state index in [0.717, 1.165) is 18.9 Å². The Balaban J connectivity index is 2.17. The van der Waals surface area contributed by atoms with Crippen molar-refractivity contribution in [2.24, 2.45) is 0 Å². The zero-order valence-corrected chi connectivity index (χ0v) is 12.3. The Labute approximate surface area is 120 Å². The number of hydrogen-bond acceptors (Lipinski definition) is 4. The molecule has 0 aliphatic carbocycles. The van der Waals surface area contributed by atoms with Gasteiger partial charge in [0.2, 0.25) is 0 Å². The number of aliphatic hydroxyl groups excluding tert-OH is 1. The van der Waals surface area contributed by atoms with Gasteiger partial charge in [-0.1, -0.05) is 51.9 Å². The van der Waals surface area contributed by atoms with E-state index < -0.39 is 11.7 Å². The van der Waals surface area contributed by atoms with Crippen LogP contribution in [0.25, 0.3) is 0 Å². The molecule has 4 heteroatoms. The van der Waals surface area contributed by atoms with E-state index in [0.29, 0.717) is 12.2 Å². The predicted molar refractivity (Wildman–Crippen MR) is 79.0 cm³/mol. The second-order valence-electron chi connectivity index (χ2n) is 5.37. The largest absolute Gasteiger partial charge is 0.508 e. The first-order valence-electron chi connectivity index (χ1n) is 7.63. The molecule has 20 heavy (non-hydrogen) atoms. The fourth-order valence-electron chi connectivity index (χ4n) is 2.29. The highest BCUT2D eigenvalue weighted by Gasteiger charge is 2.09. The zero-order chi connectivity index (χ0) is 14.8. The third-order valence-corrected chi connectivity index (χ3v) is 3.38. The molecule has 0 spiro atoms. The predicted octanol–water partition coefficient (Wildman–Crippen LogP) is 3.39. The topological polar surface area (TPSA) is 70.7 Å². The fourth-order valence-corrected chi connectivity index (χ4v) is 2.29. The molecule has 1 aromatic heterocycles. The number of rotatable bonds is 10. The van der Waals surface area contributed by atoms with Crippen molar-refractivity contribution in [1.82, 2.24) is 0 Å². The maximum Gasteiger partial charge on any atom is 0.339 e. The van der Waals surface area contributed by atoms with E-state index >= 15 is 0 Å². The Bertz CT molecular complexity index is 425. The third-order valence-electron chi connectivity index (χ3n) is 3.38. The molecule has 0 amide bonds. The normalized spacial score (nSPS) is 12.5. The summed E-state index contributed by atoms with van der Waals surface area (Å²) in [5.41, 5.74) is -0.580. The molecule has 0 aromatic carbocycles. The maximum atomic E-state index is 11.1. The summed E-state index contributed by atoms with van der Waals surface area (Å²) in [6, 6.07) is 2.40. The fraction of sp³-hybridized carbons (Fsp3) is 0.688. The van der Waals surface area contributed by atoms with Crippen LogP contribution in [0.2, 0.25) is 0 Å². The highest BCUT2D eigenvalue weighted by molar-refractivity contribution is 5.18. The molecule has 0 saturated carbocycles. The van der Waals surface area contributed by atoms with Gasteiger partial charge in [-0.25, -0.2) is 4.79 Å². The van der Waals surface area contributed by atoms with Crippen LogP contribution in [0.4, 0.5) is 0 Å². The third kappa shape index (κ3) is 7.34. The molecule has 1 rings (SSSR count). The molecule has 0 saturated heterocycles. The van der Waals surface area contributed by atoms with Crippen LogP contribution in [0, 0.1) is 0 Å². The van der Waals surface area contributed by atoms with Crippen LogP contribution >= 0.6 is 0 Å². The van der Waals surface area contributed by atoms with Crippen molar-refractivity contribution < 1.29 is 14.6 Å². The van der Waals surface area contributed by atoms with Crippen LogP contribution in [-0.2, 0) is 6.42 Å². The van der Waals surface area contributed by atoms with Crippen LogP contribution in [0.3, 0.4) is 0 Å². The molecule has 0 aliphatic heterocycles. The Morgan fingerprint density at radius 1 is 1.10 bits per heavy atom. The lowest BCUT2D eigenvalue weighted by Gasteiger charge is -2.09. The summed E-state index contributed by atoms with van der Waals surface area (Å²) in [6.45, 7) is 2.20. The van der Waals surface area contributed by atoms with Gasteiger partial charge in [0.05, 0.1) is 12.2 Å². The maximum absolute atomic E-state index is 11.1. The highest BCUT2D eigenvalue weighted by Crippen LogP contribution is 2.14. The van der Waals surface area contributed by atoms with Gasteiger partial charge in [0.15, 0.2) is 0 Å². The molecule has 0 fully saturated rings. The molecule has 2 N–H and O–H groups in total. The molecule has 0 unspecified atom stereocenters. The Kier molecular flexibility index (Phi) is 8.04. The van der Waals surface area contributed by atoms with Gasteiger partial charge in [0, 0.05) is 12.5 Å². The summed E-state index contributed by atoms with van der Waals surface area (Å²) in [4.78, 5) is 11.1. The van der Waals surface area contributed by atoms with Crippen LogP contribution in [0.5, 0.6) is 5.75 Å². The van der Waals surface area contributed by atoms with Gasteiger partial charge in [-0.05, 0) is 6.42 Å². The summed E-state index contributed by atoms with van der Waals surface area (Å²) in [5, 5.41) is 19.2. The van der Waals surface area contributed by atoms with E-state index in [1.165, 1.54) is 38.2 Å². The Morgan fingerprint density at radius 3 is 2.40 bits per heavy atom. The lowest BCUT2D eigenvalue weighted by atomic mass is 10.0. The van der Waals surface area contributed by atoms with E-state index in [-0.39, 0.29) is 12.2 Å². The summed E-state index contributed by atoms with van der Waals surface area (Å²) in [6.07, 6.45) is 8.92. The van der Waals surface area contributed by atoms with E-state index in [1.807, 2.05) is 0 Å². The number of aliphatic hydroxyl groups is 1. The van der Waals surface area contributed by atoms with Gasteiger partial charge in [-0.15, -0.1) is 0 Å². The van der Waals surface area contributed by atoms with Crippen molar-refractivity contribution in [2.45, 2.75) is 70.8 Å². The molecule has 1 heterocycles. The van der Waals surface area contributed by atoms with E-state index in [9.17, 15) is 15.0 Å². The molecule has 1 atom stereocenters. The van der Waals surface area contributed by atoms with E-state index in [1.54, 1.807) is 0 Å². The monoisotopic (exact) mass is 282 g/mol. The van der Waals surface area contributed by atoms with E-state index in [2.05, 4.69) is 6.92 Å². The first-order valence-corrected chi connectivity index (χ1v) is 7.63. The standard InChI is InChI=1S/C16H26O4/c1-2-3-4-5-6-7-8-9-13(17)10-15-11-14(18)12-16(19)20-15/h11-13,17-18H,2-10H2,1H3/t13-/m0/s1. The minimum atomic E-state index is -0.580. The van der Waals surface area contributed by atoms with Gasteiger partial charge in [0.1, 0.15) is 11.5 Å². The van der Waals surface area contributed by atoms with Crippen molar-refractivity contribution in [3.05, 3.63) is 28.3 Å². The molecule has 1 aromatic rings. The summed E-state index contributed by atoms with van der Waals surface area (Å²) >= 11 is 0. The summed E-state index contributed by atoms with van der Waals surface area (Å²) < 4.78 is 4.92. The number of aromatic hydroxyl groups is 1. The first-order chi connectivity index (χ1) is 9.61. The molecule has 4 nitrogen and oxygen atoms in total. The van der Waals surface area contributed by atoms with Gasteiger partial charge < -0.3 is 14.6 Å². The molecule has 0 aliphatic rings. The van der Waals surface area contributed by atoms with E-state index in [4.69, 9.17) is 4.42 Å². The molecule has 114 valence electrons. The van der Waals surface area contributed by atoms with Crippen molar-refractivity contribution in [3.63, 3.8) is 0 Å². The minimum Gasteiger partial charge on any atom is -0.508 e. The summed E-state index contributed by atoms with van der Waals surface area (Å²) in [7, 11) is 0. The van der Waals surface area contributed by atoms with Crippen molar-refractivity contribution >= 4 is 0 Å². The van der Waals surface area contributed by atoms with Gasteiger partial charge >= 0.3 is 5.63 Å². The molecular formula is C16H26O4. The summed E-state index contributed by atoms with van der Waals surface area (Å²) in [5.74, 6) is 0.227. The van der Waals surface area contributed by atoms with Gasteiger partial charge in [-0.3, -0.25) is 0 Å². The number of unbranched alkanes of at least 4 members (excludes halogenated alkanes) is 6. The smallest absolute Gasteiger partial charge is 0.339 e. The number of hydrogen-bond donors (Lipinski definition) is 2. The second-order valence-corrected chi connectivity index (χ2v) is 5.37. The van der Waals surface area contributed by atoms with Crippen molar-refractivity contribution in [2.75, 3.05) is 0 Å². The van der Waals surface area contributed by atoms with Crippen LogP contribution in [0.15, 0.2) is 21.3 Å². The SMILES string of the molecule is CCCCCCCCC[C@H](O)Cc1cc(O)cc(=O)o1. The van der Waals surface area contributed by atoms with Crippen molar-refractivity contribution in [3.8, 4) is 5.75 Å².